The largest absolute Gasteiger partial charge is 0.340 e. The molecule has 0 saturated heterocycles. The van der Waals surface area contributed by atoms with Crippen molar-refractivity contribution in [3.05, 3.63) is 28.8 Å². The van der Waals surface area contributed by atoms with Gasteiger partial charge >= 0.3 is 0 Å². The average molecular weight is 277 g/mol. The van der Waals surface area contributed by atoms with Crippen LogP contribution in [0.4, 0.5) is 0 Å². The lowest BCUT2D eigenvalue weighted by molar-refractivity contribution is 0.0799. The average Bonchev–Trinajstić information content (AvgIpc) is 2.28. The van der Waals surface area contributed by atoms with E-state index in [2.05, 4.69) is 0 Å². The molecular formula is C10H13ClN2O3S. The molecule has 1 unspecified atom stereocenters. The number of halogens is 1. The van der Waals surface area contributed by atoms with Gasteiger partial charge in [-0.2, -0.15) is 0 Å². The van der Waals surface area contributed by atoms with E-state index in [1.807, 2.05) is 0 Å². The maximum Gasteiger partial charge on any atom is 0.253 e. The maximum atomic E-state index is 11.9. The molecule has 1 aromatic carbocycles. The number of likely N-dealkylation sites (N-methyl/N-ethyl adjacent to an activating group) is 1. The van der Waals surface area contributed by atoms with Crippen LogP contribution in [-0.4, -0.2) is 39.7 Å². The molecule has 1 amide bonds. The molecule has 0 fully saturated rings. The summed E-state index contributed by atoms with van der Waals surface area (Å²) >= 11 is 3.53. The number of amides is 1. The number of rotatable bonds is 4. The molecule has 1 rings (SSSR count). The second kappa shape index (κ2) is 6.11. The van der Waals surface area contributed by atoms with Gasteiger partial charge in [-0.05, 0) is 18.2 Å². The van der Waals surface area contributed by atoms with Crippen molar-refractivity contribution in [2.75, 3.05) is 20.1 Å². The van der Waals surface area contributed by atoms with Crippen LogP contribution in [0.1, 0.15) is 10.4 Å². The monoisotopic (exact) mass is 276 g/mol. The molecular weight excluding hydrogens is 264 g/mol. The number of nitrogens with zero attached hydrogens (tertiary/aromatic N) is 1. The second-order valence-corrected chi connectivity index (χ2v) is 4.76. The molecule has 94 valence electrons. The van der Waals surface area contributed by atoms with Gasteiger partial charge in [-0.25, -0.2) is 4.21 Å². The van der Waals surface area contributed by atoms with E-state index < -0.39 is 11.1 Å². The summed E-state index contributed by atoms with van der Waals surface area (Å²) in [5.41, 5.74) is 5.65. The molecule has 3 N–H and O–H groups in total. The van der Waals surface area contributed by atoms with Gasteiger partial charge in [0, 0.05) is 25.7 Å². The van der Waals surface area contributed by atoms with Gasteiger partial charge in [0.25, 0.3) is 5.91 Å². The van der Waals surface area contributed by atoms with Crippen LogP contribution >= 0.6 is 11.6 Å². The molecule has 0 radical (unpaired) electrons. The Bertz CT molecular complexity index is 453. The molecule has 0 saturated carbocycles. The lowest BCUT2D eigenvalue weighted by atomic mass is 10.2. The zero-order valence-electron chi connectivity index (χ0n) is 9.22. The third-order valence-electron chi connectivity index (χ3n) is 2.18. The highest BCUT2D eigenvalue weighted by molar-refractivity contribution is 7.79. The molecule has 1 aromatic rings. The van der Waals surface area contributed by atoms with Crippen molar-refractivity contribution in [3.8, 4) is 0 Å². The summed E-state index contributed by atoms with van der Waals surface area (Å²) in [6, 6.07) is 4.25. The smallest absolute Gasteiger partial charge is 0.253 e. The number of hydrogen-bond acceptors (Lipinski definition) is 3. The number of benzene rings is 1. The first-order valence-electron chi connectivity index (χ1n) is 4.83. The zero-order chi connectivity index (χ0) is 13.0. The first kappa shape index (κ1) is 14.1. The van der Waals surface area contributed by atoms with Crippen molar-refractivity contribution in [1.29, 1.82) is 0 Å². The Balaban J connectivity index is 3.03. The van der Waals surface area contributed by atoms with E-state index in [0.29, 0.717) is 18.7 Å². The molecule has 0 spiro atoms. The fourth-order valence-electron chi connectivity index (χ4n) is 1.29. The van der Waals surface area contributed by atoms with E-state index in [1.165, 1.54) is 23.1 Å². The third-order valence-corrected chi connectivity index (χ3v) is 3.33. The maximum absolute atomic E-state index is 11.9. The quantitative estimate of drug-likeness (QED) is 0.802. The van der Waals surface area contributed by atoms with Crippen LogP contribution in [0.5, 0.6) is 0 Å². The van der Waals surface area contributed by atoms with Gasteiger partial charge in [0.2, 0.25) is 0 Å². The highest BCUT2D eigenvalue weighted by Crippen LogP contribution is 2.21. The highest BCUT2D eigenvalue weighted by Gasteiger charge is 2.14. The standard InChI is InChI=1S/C10H13ClN2O3S/c1-13(5-4-12)10(14)7-2-3-8(11)9(6-7)17(15)16/h2-3,6H,4-5,12H2,1H3,(H,15,16). The molecule has 0 aliphatic rings. The van der Waals surface area contributed by atoms with Crippen LogP contribution in [-0.2, 0) is 11.1 Å². The first-order valence-corrected chi connectivity index (χ1v) is 6.31. The SMILES string of the molecule is CN(CCN)C(=O)c1ccc(Cl)c(S(=O)O)c1. The van der Waals surface area contributed by atoms with E-state index in [0.717, 1.165) is 0 Å². The van der Waals surface area contributed by atoms with Crippen molar-refractivity contribution in [2.24, 2.45) is 5.73 Å². The Morgan fingerprint density at radius 3 is 2.76 bits per heavy atom. The summed E-state index contributed by atoms with van der Waals surface area (Å²) in [5, 5.41) is 0.156. The summed E-state index contributed by atoms with van der Waals surface area (Å²) in [4.78, 5) is 13.3. The van der Waals surface area contributed by atoms with E-state index in [-0.39, 0.29) is 15.8 Å². The van der Waals surface area contributed by atoms with Crippen LogP contribution in [0.2, 0.25) is 5.02 Å². The van der Waals surface area contributed by atoms with Crippen molar-refractivity contribution in [3.63, 3.8) is 0 Å². The van der Waals surface area contributed by atoms with E-state index >= 15 is 0 Å². The summed E-state index contributed by atoms with van der Waals surface area (Å²) < 4.78 is 20.0. The van der Waals surface area contributed by atoms with Crippen LogP contribution in [0, 0.1) is 0 Å². The van der Waals surface area contributed by atoms with Gasteiger partial charge in [0.15, 0.2) is 11.1 Å². The normalized spacial score (nSPS) is 12.2. The number of carbonyl (C=O) groups is 1. The molecule has 0 aliphatic heterocycles. The predicted octanol–water partition coefficient (Wildman–Crippen LogP) is 0.951. The van der Waals surface area contributed by atoms with E-state index in [4.69, 9.17) is 21.9 Å². The molecule has 7 heteroatoms. The molecule has 17 heavy (non-hydrogen) atoms. The van der Waals surface area contributed by atoms with Crippen molar-refractivity contribution < 1.29 is 13.6 Å². The lowest BCUT2D eigenvalue weighted by Crippen LogP contribution is -2.31. The Labute approximate surface area is 107 Å². The topological polar surface area (TPSA) is 83.6 Å². The first-order chi connectivity index (χ1) is 7.97. The van der Waals surface area contributed by atoms with Crippen molar-refractivity contribution in [2.45, 2.75) is 4.90 Å². The molecule has 0 heterocycles. The lowest BCUT2D eigenvalue weighted by Gasteiger charge is -2.16. The molecule has 0 aromatic heterocycles. The fraction of sp³-hybridized carbons (Fsp3) is 0.300. The second-order valence-electron chi connectivity index (χ2n) is 3.41. The molecule has 1 atom stereocenters. The van der Waals surface area contributed by atoms with Gasteiger partial charge in [0.1, 0.15) is 0 Å². The van der Waals surface area contributed by atoms with Gasteiger partial charge in [-0.15, -0.1) is 0 Å². The number of carbonyl (C=O) groups excluding carboxylic acids is 1. The Kier molecular flexibility index (Phi) is 5.07. The van der Waals surface area contributed by atoms with Crippen LogP contribution in [0.15, 0.2) is 23.1 Å². The van der Waals surface area contributed by atoms with Crippen LogP contribution in [0.3, 0.4) is 0 Å². The Hall–Kier alpha value is -0.950. The van der Waals surface area contributed by atoms with Gasteiger partial charge in [-0.3, -0.25) is 4.79 Å². The minimum atomic E-state index is -2.21. The number of hydrogen-bond donors (Lipinski definition) is 2. The third kappa shape index (κ3) is 3.50. The minimum Gasteiger partial charge on any atom is -0.340 e. The van der Waals surface area contributed by atoms with E-state index in [1.54, 1.807) is 7.05 Å². The summed E-state index contributed by atoms with van der Waals surface area (Å²) in [5.74, 6) is -0.265. The van der Waals surface area contributed by atoms with E-state index in [9.17, 15) is 9.00 Å². The van der Waals surface area contributed by atoms with Gasteiger partial charge in [0.05, 0.1) is 9.92 Å². The predicted molar refractivity (Wildman–Crippen MR) is 66.5 cm³/mol. The van der Waals surface area contributed by atoms with Crippen molar-refractivity contribution in [1.82, 2.24) is 4.90 Å². The molecule has 5 nitrogen and oxygen atoms in total. The fourth-order valence-corrected chi connectivity index (χ4v) is 2.06. The van der Waals surface area contributed by atoms with Crippen LogP contribution in [0.25, 0.3) is 0 Å². The number of nitrogens with two attached hydrogens (primary N) is 1. The van der Waals surface area contributed by atoms with Gasteiger partial charge in [-0.1, -0.05) is 11.6 Å². The summed E-state index contributed by atoms with van der Waals surface area (Å²) in [7, 11) is 1.61. The van der Waals surface area contributed by atoms with Gasteiger partial charge < -0.3 is 15.2 Å². The minimum absolute atomic E-state index is 0.0265. The molecule has 0 bridgehead atoms. The van der Waals surface area contributed by atoms with Crippen molar-refractivity contribution >= 4 is 28.6 Å². The van der Waals surface area contributed by atoms with Crippen LogP contribution < -0.4 is 5.73 Å². The zero-order valence-corrected chi connectivity index (χ0v) is 10.8. The Morgan fingerprint density at radius 2 is 2.24 bits per heavy atom. The Morgan fingerprint density at radius 1 is 1.59 bits per heavy atom. The summed E-state index contributed by atoms with van der Waals surface area (Å²) in [6.45, 7) is 0.771. The molecule has 0 aliphatic carbocycles. The summed E-state index contributed by atoms with van der Waals surface area (Å²) in [6.07, 6.45) is 0. The highest BCUT2D eigenvalue weighted by atomic mass is 35.5.